The van der Waals surface area contributed by atoms with E-state index in [-0.39, 0.29) is 13.1 Å². The van der Waals surface area contributed by atoms with Gasteiger partial charge >= 0.3 is 11.8 Å². The Morgan fingerprint density at radius 3 is 1.24 bits per heavy atom. The number of aromatic nitrogens is 6. The molecule has 0 saturated carbocycles. The Labute approximate surface area is 385 Å². The molecule has 346 valence electrons. The molecular formula is C44H44Cl2F4N12O4. The molecule has 0 spiro atoms. The van der Waals surface area contributed by atoms with Crippen LogP contribution >= 0.6 is 23.2 Å². The van der Waals surface area contributed by atoms with E-state index in [0.29, 0.717) is 33.4 Å². The highest BCUT2D eigenvalue weighted by molar-refractivity contribution is 6.30. The minimum Gasteiger partial charge on any atom is -0.359 e. The molecule has 4 aromatic heterocycles. The topological polar surface area (TPSA) is 202 Å². The largest absolute Gasteiger partial charge is 0.359 e. The van der Waals surface area contributed by atoms with Crippen molar-refractivity contribution in [3.63, 3.8) is 0 Å². The molecule has 0 aliphatic rings. The molecule has 66 heavy (non-hydrogen) atoms. The molecule has 22 heteroatoms. The summed E-state index contributed by atoms with van der Waals surface area (Å²) in [5.74, 6) is -10.9. The number of carbonyl (C=O) groups is 2. The number of benzene rings is 2. The van der Waals surface area contributed by atoms with Crippen molar-refractivity contribution in [1.82, 2.24) is 50.3 Å². The van der Waals surface area contributed by atoms with Crippen molar-refractivity contribution in [2.75, 3.05) is 37.8 Å². The fourth-order valence-corrected chi connectivity index (χ4v) is 7.41. The number of pyridine rings is 2. The summed E-state index contributed by atoms with van der Waals surface area (Å²) in [6, 6.07) is 17.5. The van der Waals surface area contributed by atoms with E-state index in [9.17, 15) is 19.2 Å². The van der Waals surface area contributed by atoms with Crippen molar-refractivity contribution in [3.8, 4) is 0 Å². The quantitative estimate of drug-likeness (QED) is 0.0519. The van der Waals surface area contributed by atoms with Gasteiger partial charge in [-0.25, -0.2) is 9.97 Å². The first-order valence-electron chi connectivity index (χ1n) is 20.3. The van der Waals surface area contributed by atoms with Crippen molar-refractivity contribution < 1.29 is 27.2 Å². The number of anilines is 2. The minimum atomic E-state index is -3.64. The zero-order chi connectivity index (χ0) is 47.4. The molecule has 16 nitrogen and oxygen atoms in total. The molecule has 2 aromatic carbocycles. The standard InChI is InChI=1S/C44H44Cl2F4N12O4/c1-51-19-27-11-3-5-13-29(27)21-57-39(63)35(61-33(45)23-55-37(41(61)65)59-25-43(47,48)31-15-7-9-17-53-31)36(40(64)58-22-30-14-6-4-12-28(30)20-52-2)62-34(46)24-56-38(42(62)66)60-26-44(49,50)32-16-8-10-18-54-32/h3-18,23-24,35-36,51-52H,19-22,25-26H2,1-2H3,(H,55,59)(H,56,60)(H,57,63)(H,58,64). The van der Waals surface area contributed by atoms with Gasteiger partial charge in [-0.2, -0.15) is 17.6 Å². The highest BCUT2D eigenvalue weighted by Gasteiger charge is 2.42. The maximum atomic E-state index is 15.4. The third-order valence-electron chi connectivity index (χ3n) is 10.2. The number of alkyl halides is 4. The first-order chi connectivity index (χ1) is 31.7. The molecule has 0 aliphatic heterocycles. The first-order valence-corrected chi connectivity index (χ1v) is 21.0. The third kappa shape index (κ3) is 11.6. The van der Waals surface area contributed by atoms with E-state index in [1.165, 1.54) is 36.7 Å². The van der Waals surface area contributed by atoms with Crippen LogP contribution in [-0.2, 0) is 47.6 Å². The average Bonchev–Trinajstić information content (AvgIpc) is 3.31. The fraction of sp³-hybridized carbons (Fsp3) is 0.273. The molecule has 2 unspecified atom stereocenters. The lowest BCUT2D eigenvalue weighted by atomic mass is 10.0. The average molecular weight is 952 g/mol. The Morgan fingerprint density at radius 2 is 0.909 bits per heavy atom. The Balaban J connectivity index is 1.50. The number of nitrogens with zero attached hydrogens (tertiary/aromatic N) is 6. The Morgan fingerprint density at radius 1 is 0.561 bits per heavy atom. The number of hydrogen-bond acceptors (Lipinski definition) is 12. The second-order valence-corrected chi connectivity index (χ2v) is 15.5. The summed E-state index contributed by atoms with van der Waals surface area (Å²) in [7, 11) is 3.45. The van der Waals surface area contributed by atoms with E-state index in [1.54, 1.807) is 50.5 Å². The molecule has 0 saturated heterocycles. The molecule has 0 aliphatic carbocycles. The van der Waals surface area contributed by atoms with Crippen LogP contribution in [0.3, 0.4) is 0 Å². The van der Waals surface area contributed by atoms with Crippen molar-refractivity contribution in [2.24, 2.45) is 0 Å². The summed E-state index contributed by atoms with van der Waals surface area (Å²) in [5.41, 5.74) is -0.984. The van der Waals surface area contributed by atoms with Crippen molar-refractivity contribution >= 4 is 46.7 Å². The van der Waals surface area contributed by atoms with Crippen molar-refractivity contribution in [1.29, 1.82) is 0 Å². The predicted molar refractivity (Wildman–Crippen MR) is 240 cm³/mol. The molecule has 0 fully saturated rings. The van der Waals surface area contributed by atoms with Crippen LogP contribution in [0.4, 0.5) is 29.2 Å². The van der Waals surface area contributed by atoms with Gasteiger partial charge in [0.25, 0.3) is 11.1 Å². The summed E-state index contributed by atoms with van der Waals surface area (Å²) in [4.78, 5) is 74.4. The van der Waals surface area contributed by atoms with Crippen LogP contribution in [0.15, 0.2) is 119 Å². The Bertz CT molecular complexity index is 2560. The van der Waals surface area contributed by atoms with Gasteiger partial charge in [-0.15, -0.1) is 0 Å². The zero-order valence-corrected chi connectivity index (χ0v) is 36.9. The lowest BCUT2D eigenvalue weighted by Crippen LogP contribution is -2.50. The van der Waals surface area contributed by atoms with E-state index < -0.39 is 93.3 Å². The van der Waals surface area contributed by atoms with Gasteiger partial charge in [-0.1, -0.05) is 83.9 Å². The van der Waals surface area contributed by atoms with Crippen LogP contribution < -0.4 is 43.0 Å². The van der Waals surface area contributed by atoms with E-state index in [1.807, 2.05) is 12.1 Å². The van der Waals surface area contributed by atoms with E-state index >= 15 is 17.6 Å². The maximum Gasteiger partial charge on any atom is 0.306 e. The van der Waals surface area contributed by atoms with Crippen LogP contribution in [0.1, 0.15) is 45.7 Å². The highest BCUT2D eigenvalue weighted by atomic mass is 35.5. The number of carbonyl (C=O) groups excluding carboxylic acids is 2. The second-order valence-electron chi connectivity index (χ2n) is 14.7. The maximum absolute atomic E-state index is 15.4. The smallest absolute Gasteiger partial charge is 0.306 e. The first kappa shape index (κ1) is 48.7. The molecule has 2 atom stereocenters. The summed E-state index contributed by atoms with van der Waals surface area (Å²) in [6.45, 7) is -1.99. The van der Waals surface area contributed by atoms with Gasteiger partial charge in [0.15, 0.2) is 11.6 Å². The monoisotopic (exact) mass is 950 g/mol. The van der Waals surface area contributed by atoms with Gasteiger partial charge in [0.1, 0.15) is 33.8 Å². The minimum absolute atomic E-state index is 0.188. The summed E-state index contributed by atoms with van der Waals surface area (Å²) >= 11 is 13.4. The molecule has 6 N–H and O–H groups in total. The molecule has 2 amide bonds. The summed E-state index contributed by atoms with van der Waals surface area (Å²) in [6.07, 6.45) is 4.11. The number of rotatable bonds is 21. The summed E-state index contributed by atoms with van der Waals surface area (Å²) < 4.78 is 62.7. The SMILES string of the molecule is CNCc1ccccc1CNC(=O)C(C(C(=O)NCc1ccccc1CNC)n1c(Cl)cnc(NCC(F)(F)c2ccccn2)c1=O)n1c(Cl)cnc(NCC(F)(F)c2ccccn2)c1=O. The summed E-state index contributed by atoms with van der Waals surface area (Å²) in [5, 5.41) is 15.0. The Hall–Kier alpha value is -6.74. The normalized spacial score (nSPS) is 12.5. The van der Waals surface area contributed by atoms with Crippen LogP contribution in [0.2, 0.25) is 10.3 Å². The van der Waals surface area contributed by atoms with E-state index in [2.05, 4.69) is 51.8 Å². The molecule has 0 radical (unpaired) electrons. The second kappa shape index (κ2) is 22.0. The van der Waals surface area contributed by atoms with E-state index in [0.717, 1.165) is 35.7 Å². The van der Waals surface area contributed by atoms with Crippen LogP contribution in [0, 0.1) is 0 Å². The lowest BCUT2D eigenvalue weighted by molar-refractivity contribution is -0.133. The third-order valence-corrected chi connectivity index (χ3v) is 10.8. The fourth-order valence-electron chi connectivity index (χ4n) is 6.95. The molecule has 6 aromatic rings. The van der Waals surface area contributed by atoms with Crippen LogP contribution in [0.25, 0.3) is 0 Å². The molecule has 4 heterocycles. The van der Waals surface area contributed by atoms with Crippen molar-refractivity contribution in [3.05, 3.63) is 174 Å². The lowest BCUT2D eigenvalue weighted by Gasteiger charge is -2.31. The van der Waals surface area contributed by atoms with E-state index in [4.69, 9.17) is 23.2 Å². The predicted octanol–water partition coefficient (Wildman–Crippen LogP) is 5.16. The van der Waals surface area contributed by atoms with Gasteiger partial charge in [-0.3, -0.25) is 38.3 Å². The van der Waals surface area contributed by atoms with Gasteiger partial charge in [0.05, 0.1) is 25.5 Å². The van der Waals surface area contributed by atoms with Gasteiger partial charge in [-0.05, 0) is 60.6 Å². The van der Waals surface area contributed by atoms with Crippen LogP contribution in [0.5, 0.6) is 0 Å². The van der Waals surface area contributed by atoms with Crippen molar-refractivity contribution in [2.45, 2.75) is 50.1 Å². The van der Waals surface area contributed by atoms with Gasteiger partial charge < -0.3 is 31.9 Å². The Kier molecular flexibility index (Phi) is 16.2. The number of nitrogens with one attached hydrogen (secondary N) is 6. The number of hydrogen-bond donors (Lipinski definition) is 6. The van der Waals surface area contributed by atoms with Crippen LogP contribution in [-0.4, -0.2) is 68.1 Å². The van der Waals surface area contributed by atoms with Gasteiger partial charge in [0.2, 0.25) is 11.8 Å². The number of halogens is 6. The zero-order valence-electron chi connectivity index (χ0n) is 35.4. The molecule has 6 rings (SSSR count). The molecular weight excluding hydrogens is 907 g/mol. The van der Waals surface area contributed by atoms with Gasteiger partial charge in [0, 0.05) is 38.6 Å². The highest BCUT2D eigenvalue weighted by Crippen LogP contribution is 2.31. The number of amides is 2. The molecule has 0 bridgehead atoms.